The largest absolute Gasteiger partial charge is 0.337 e. The van der Waals surface area contributed by atoms with E-state index in [0.29, 0.717) is 12.4 Å². The van der Waals surface area contributed by atoms with E-state index in [-0.39, 0.29) is 18.3 Å². The summed E-state index contributed by atoms with van der Waals surface area (Å²) in [5.41, 5.74) is 6.34. The number of sulfonamides is 1. The summed E-state index contributed by atoms with van der Waals surface area (Å²) < 4.78 is 30.3. The van der Waals surface area contributed by atoms with Crippen molar-refractivity contribution in [1.29, 1.82) is 0 Å². The van der Waals surface area contributed by atoms with Crippen LogP contribution in [0.2, 0.25) is 0 Å². The Kier molecular flexibility index (Phi) is 5.69. The van der Waals surface area contributed by atoms with Crippen LogP contribution >= 0.6 is 12.4 Å². The fourth-order valence-electron chi connectivity index (χ4n) is 1.89. The number of hydrogen-bond donors (Lipinski definition) is 2. The summed E-state index contributed by atoms with van der Waals surface area (Å²) in [7, 11) is -3.39. The molecule has 0 radical (unpaired) electrons. The standard InChI is InChI=1S/C13H18N4O3S.ClH/c1-13(2,17-21(3,18)19)12-15-11(16-20-12)10-6-4-9(8-14)5-7-10;/h4-7,17H,8,14H2,1-3H3;1H. The molecule has 122 valence electrons. The molecule has 0 spiro atoms. The molecule has 2 aromatic rings. The van der Waals surface area contributed by atoms with Gasteiger partial charge >= 0.3 is 0 Å². The smallest absolute Gasteiger partial charge is 0.247 e. The summed E-state index contributed by atoms with van der Waals surface area (Å²) in [5, 5.41) is 3.89. The number of benzene rings is 1. The van der Waals surface area contributed by atoms with Crippen molar-refractivity contribution in [2.45, 2.75) is 25.9 Å². The summed E-state index contributed by atoms with van der Waals surface area (Å²) >= 11 is 0. The Hall–Kier alpha value is -1.48. The molecule has 0 unspecified atom stereocenters. The predicted octanol–water partition coefficient (Wildman–Crippen LogP) is 1.40. The number of nitrogens with zero attached hydrogens (tertiary/aromatic N) is 2. The van der Waals surface area contributed by atoms with Crippen molar-refractivity contribution in [3.8, 4) is 11.4 Å². The van der Waals surface area contributed by atoms with Gasteiger partial charge in [-0.3, -0.25) is 0 Å². The van der Waals surface area contributed by atoms with E-state index in [1.54, 1.807) is 13.8 Å². The molecule has 0 amide bonds. The van der Waals surface area contributed by atoms with Gasteiger partial charge in [0.15, 0.2) is 0 Å². The Morgan fingerprint density at radius 3 is 2.36 bits per heavy atom. The maximum absolute atomic E-state index is 11.4. The molecule has 0 atom stereocenters. The van der Waals surface area contributed by atoms with Crippen molar-refractivity contribution in [3.05, 3.63) is 35.7 Å². The summed E-state index contributed by atoms with van der Waals surface area (Å²) in [6.45, 7) is 3.77. The Bertz CT molecular complexity index is 726. The molecule has 9 heteroatoms. The third-order valence-electron chi connectivity index (χ3n) is 2.85. The average molecular weight is 347 g/mol. The first kappa shape index (κ1) is 18.6. The Balaban J connectivity index is 0.00000242. The number of aromatic nitrogens is 2. The zero-order chi connectivity index (χ0) is 15.7. The minimum Gasteiger partial charge on any atom is -0.337 e. The molecule has 7 nitrogen and oxygen atoms in total. The van der Waals surface area contributed by atoms with Gasteiger partial charge in [0.1, 0.15) is 5.54 Å². The molecular formula is C13H19ClN4O3S. The number of halogens is 1. The van der Waals surface area contributed by atoms with Gasteiger partial charge in [0, 0.05) is 12.1 Å². The molecule has 0 aliphatic heterocycles. The van der Waals surface area contributed by atoms with Crippen LogP contribution in [-0.2, 0) is 22.1 Å². The van der Waals surface area contributed by atoms with Crippen LogP contribution in [-0.4, -0.2) is 24.8 Å². The van der Waals surface area contributed by atoms with Crippen LogP contribution in [0.5, 0.6) is 0 Å². The molecule has 0 saturated heterocycles. The highest BCUT2D eigenvalue weighted by Crippen LogP contribution is 2.23. The molecule has 3 N–H and O–H groups in total. The van der Waals surface area contributed by atoms with Crippen LogP contribution in [0, 0.1) is 0 Å². The second-order valence-corrected chi connectivity index (χ2v) is 7.07. The topological polar surface area (TPSA) is 111 Å². The van der Waals surface area contributed by atoms with Crippen molar-refractivity contribution in [3.63, 3.8) is 0 Å². The molecule has 0 aliphatic rings. The Morgan fingerprint density at radius 1 is 1.27 bits per heavy atom. The molecule has 0 aliphatic carbocycles. The van der Waals surface area contributed by atoms with Gasteiger partial charge in [0.25, 0.3) is 0 Å². The maximum atomic E-state index is 11.4. The molecule has 0 saturated carbocycles. The number of hydrogen-bond acceptors (Lipinski definition) is 6. The zero-order valence-corrected chi connectivity index (χ0v) is 14.2. The second kappa shape index (κ2) is 6.74. The number of rotatable bonds is 5. The van der Waals surface area contributed by atoms with E-state index < -0.39 is 15.6 Å². The lowest BCUT2D eigenvalue weighted by Crippen LogP contribution is -2.40. The predicted molar refractivity (Wildman–Crippen MR) is 85.9 cm³/mol. The molecule has 1 heterocycles. The highest BCUT2D eigenvalue weighted by Gasteiger charge is 2.31. The van der Waals surface area contributed by atoms with Crippen LogP contribution < -0.4 is 10.5 Å². The molecule has 2 rings (SSSR count). The fraction of sp³-hybridized carbons (Fsp3) is 0.385. The SMILES string of the molecule is CC(C)(NS(C)(=O)=O)c1nc(-c2ccc(CN)cc2)no1.Cl. The van der Waals surface area contributed by atoms with Crippen LogP contribution in [0.15, 0.2) is 28.8 Å². The Morgan fingerprint density at radius 2 is 1.86 bits per heavy atom. The Labute approximate surface area is 135 Å². The molecule has 22 heavy (non-hydrogen) atoms. The first-order chi connectivity index (χ1) is 9.71. The van der Waals surface area contributed by atoms with Gasteiger partial charge in [0.05, 0.1) is 6.26 Å². The minimum absolute atomic E-state index is 0. The van der Waals surface area contributed by atoms with Crippen molar-refractivity contribution < 1.29 is 12.9 Å². The molecule has 0 bridgehead atoms. The van der Waals surface area contributed by atoms with E-state index >= 15 is 0 Å². The first-order valence-electron chi connectivity index (χ1n) is 6.34. The van der Waals surface area contributed by atoms with Crippen molar-refractivity contribution in [2.24, 2.45) is 5.73 Å². The monoisotopic (exact) mass is 346 g/mol. The maximum Gasteiger partial charge on any atom is 0.247 e. The van der Waals surface area contributed by atoms with Crippen molar-refractivity contribution >= 4 is 22.4 Å². The number of nitrogens with two attached hydrogens (primary N) is 1. The van der Waals surface area contributed by atoms with Gasteiger partial charge in [-0.2, -0.15) is 4.98 Å². The van der Waals surface area contributed by atoms with Crippen molar-refractivity contribution in [2.75, 3.05) is 6.26 Å². The van der Waals surface area contributed by atoms with E-state index in [4.69, 9.17) is 10.3 Å². The summed E-state index contributed by atoms with van der Waals surface area (Å²) in [5.74, 6) is 0.600. The van der Waals surface area contributed by atoms with Crippen LogP contribution in [0.3, 0.4) is 0 Å². The summed E-state index contributed by atoms with van der Waals surface area (Å²) in [6.07, 6.45) is 1.08. The summed E-state index contributed by atoms with van der Waals surface area (Å²) in [4.78, 5) is 4.26. The quantitative estimate of drug-likeness (QED) is 0.846. The number of nitrogens with one attached hydrogen (secondary N) is 1. The van der Waals surface area contributed by atoms with Gasteiger partial charge in [0.2, 0.25) is 21.7 Å². The highest BCUT2D eigenvalue weighted by atomic mass is 35.5. The van der Waals surface area contributed by atoms with Crippen LogP contribution in [0.1, 0.15) is 25.3 Å². The molecule has 0 fully saturated rings. The van der Waals surface area contributed by atoms with Crippen LogP contribution in [0.25, 0.3) is 11.4 Å². The van der Waals surface area contributed by atoms with Crippen LogP contribution in [0.4, 0.5) is 0 Å². The third kappa shape index (κ3) is 4.51. The van der Waals surface area contributed by atoms with Gasteiger partial charge < -0.3 is 10.3 Å². The fourth-order valence-corrected chi connectivity index (χ4v) is 2.91. The summed E-state index contributed by atoms with van der Waals surface area (Å²) in [6, 6.07) is 7.44. The van der Waals surface area contributed by atoms with Gasteiger partial charge in [-0.15, -0.1) is 12.4 Å². The highest BCUT2D eigenvalue weighted by molar-refractivity contribution is 7.88. The molecule has 1 aromatic carbocycles. The third-order valence-corrected chi connectivity index (χ3v) is 3.73. The lowest BCUT2D eigenvalue weighted by molar-refractivity contribution is 0.296. The van der Waals surface area contributed by atoms with E-state index in [9.17, 15) is 8.42 Å². The van der Waals surface area contributed by atoms with Crippen molar-refractivity contribution in [1.82, 2.24) is 14.9 Å². The second-order valence-electron chi connectivity index (χ2n) is 5.32. The van der Waals surface area contributed by atoms with Gasteiger partial charge in [-0.25, -0.2) is 13.1 Å². The van der Waals surface area contributed by atoms with Gasteiger partial charge in [-0.1, -0.05) is 29.4 Å². The normalized spacial score (nSPS) is 12.0. The minimum atomic E-state index is -3.39. The zero-order valence-electron chi connectivity index (χ0n) is 12.5. The van der Waals surface area contributed by atoms with E-state index in [1.165, 1.54) is 0 Å². The van der Waals surface area contributed by atoms with E-state index in [0.717, 1.165) is 17.4 Å². The molecule has 1 aromatic heterocycles. The lowest BCUT2D eigenvalue weighted by atomic mass is 10.1. The first-order valence-corrected chi connectivity index (χ1v) is 8.23. The van der Waals surface area contributed by atoms with E-state index in [1.807, 2.05) is 24.3 Å². The lowest BCUT2D eigenvalue weighted by Gasteiger charge is -2.19. The van der Waals surface area contributed by atoms with E-state index in [2.05, 4.69) is 14.9 Å². The van der Waals surface area contributed by atoms with Gasteiger partial charge in [-0.05, 0) is 19.4 Å². The average Bonchev–Trinajstić information content (AvgIpc) is 2.86. The molecular weight excluding hydrogens is 328 g/mol.